The van der Waals surface area contributed by atoms with Crippen molar-refractivity contribution in [2.75, 3.05) is 70.3 Å². The van der Waals surface area contributed by atoms with E-state index >= 15 is 0 Å². The molecule has 1 aromatic carbocycles. The second-order valence-corrected chi connectivity index (χ2v) is 18.0. The molecule has 0 bridgehead atoms. The summed E-state index contributed by atoms with van der Waals surface area (Å²) in [5, 5.41) is 12.0. The van der Waals surface area contributed by atoms with Crippen molar-refractivity contribution in [1.82, 2.24) is 29.8 Å². The molecule has 0 saturated carbocycles. The van der Waals surface area contributed by atoms with Crippen LogP contribution in [0.5, 0.6) is 0 Å². The van der Waals surface area contributed by atoms with Crippen molar-refractivity contribution in [3.8, 4) is 6.07 Å². The molecule has 0 radical (unpaired) electrons. The van der Waals surface area contributed by atoms with Crippen LogP contribution >= 0.6 is 11.6 Å². The molecule has 6 amide bonds. The first-order valence-electron chi connectivity index (χ1n) is 20.9. The van der Waals surface area contributed by atoms with Gasteiger partial charge in [-0.2, -0.15) is 5.26 Å². The standard InChI is InChI=1S/C44H49ClN8O6/c1-27-21-44(26-52(27)33-7-4-29(22-46)36(45)20-33)10-12-49(13-11-44)32-5-2-28(3-6-32)41(57)50-16-14-48(15-17-50)25-39(55)51-23-30-18-34-35(19-31(30)24-51)43(59)53(42(34)58)37-8-9-38(54)47-40(37)56/h2,4-5,7,18-20,27,34-35,37H,3,6,8-17,21,23-26H2,1H3,(H,47,54,56)/t27-,34?,35?,37?/m0/s1. The number of hydrogen-bond donors (Lipinski definition) is 1. The molecule has 6 saturated heterocycles. The summed E-state index contributed by atoms with van der Waals surface area (Å²) in [5.74, 6) is -3.32. The number of fused-ring (bicyclic) bond motifs is 2. The molecule has 0 aromatic heterocycles. The zero-order valence-corrected chi connectivity index (χ0v) is 34.1. The number of halogens is 1. The van der Waals surface area contributed by atoms with Crippen LogP contribution in [-0.4, -0.2) is 137 Å². The zero-order valence-electron chi connectivity index (χ0n) is 33.3. The molecule has 6 aliphatic heterocycles. The van der Waals surface area contributed by atoms with E-state index in [1.54, 1.807) is 17.1 Å². The number of carbonyl (C=O) groups excluding carboxylic acids is 6. The Kier molecular flexibility index (Phi) is 10.2. The number of piperazine rings is 1. The lowest BCUT2D eigenvalue weighted by molar-refractivity contribution is -0.151. The molecular formula is C44H49ClN8O6. The van der Waals surface area contributed by atoms with Crippen molar-refractivity contribution in [2.45, 2.75) is 64.0 Å². The van der Waals surface area contributed by atoms with Crippen molar-refractivity contribution in [3.63, 3.8) is 0 Å². The van der Waals surface area contributed by atoms with Gasteiger partial charge in [-0.15, -0.1) is 0 Å². The summed E-state index contributed by atoms with van der Waals surface area (Å²) in [7, 11) is 0. The number of likely N-dealkylation sites (tertiary alicyclic amines) is 3. The maximum Gasteiger partial charge on any atom is 0.249 e. The Morgan fingerprint density at radius 3 is 2.20 bits per heavy atom. The van der Waals surface area contributed by atoms with Crippen LogP contribution in [0.15, 0.2) is 64.9 Å². The molecule has 1 aromatic rings. The summed E-state index contributed by atoms with van der Waals surface area (Å²) in [4.78, 5) is 89.5. The van der Waals surface area contributed by atoms with Gasteiger partial charge in [0.25, 0.3) is 0 Å². The van der Waals surface area contributed by atoms with Crippen molar-refractivity contribution < 1.29 is 28.8 Å². The first kappa shape index (κ1) is 39.2. The Bertz CT molecular complexity index is 2150. The van der Waals surface area contributed by atoms with Gasteiger partial charge >= 0.3 is 0 Å². The third-order valence-corrected chi connectivity index (χ3v) is 14.3. The van der Waals surface area contributed by atoms with Crippen molar-refractivity contribution in [2.24, 2.45) is 17.3 Å². The SMILES string of the molecule is C[C@H]1CC2(CCN(C3=CC=C(C(=O)N4CCN(CC(=O)N5CC6=CC7C(=O)N(C8CCC(=O)NC8=O)C(=O)C7C=C6C5)CC4)CC3)CC2)CN1c1ccc(C#N)c(Cl)c1. The highest BCUT2D eigenvalue weighted by molar-refractivity contribution is 6.32. The number of imide groups is 2. The summed E-state index contributed by atoms with van der Waals surface area (Å²) in [6.45, 7) is 8.47. The Balaban J connectivity index is 0.732. The largest absolute Gasteiger partial charge is 0.375 e. The molecule has 9 rings (SSSR count). The van der Waals surface area contributed by atoms with Gasteiger partial charge in [0, 0.05) is 88.3 Å². The average Bonchev–Trinajstić information content (AvgIpc) is 3.88. The number of nitrogens with zero attached hydrogens (tertiary/aromatic N) is 7. The molecule has 6 fully saturated rings. The quantitative estimate of drug-likeness (QED) is 0.424. The fourth-order valence-corrected chi connectivity index (χ4v) is 10.9. The predicted octanol–water partition coefficient (Wildman–Crippen LogP) is 2.76. The second kappa shape index (κ2) is 15.4. The summed E-state index contributed by atoms with van der Waals surface area (Å²) in [6.07, 6.45) is 12.8. The van der Waals surface area contributed by atoms with Crippen molar-refractivity contribution in [1.29, 1.82) is 5.26 Å². The number of carbonyl (C=O) groups is 6. The number of rotatable bonds is 6. The lowest BCUT2D eigenvalue weighted by Crippen LogP contribution is -2.54. The van der Waals surface area contributed by atoms with Gasteiger partial charge in [0.15, 0.2) is 0 Å². The summed E-state index contributed by atoms with van der Waals surface area (Å²) < 4.78 is 0. The smallest absolute Gasteiger partial charge is 0.249 e. The van der Waals surface area contributed by atoms with Crippen molar-refractivity contribution in [3.05, 3.63) is 75.5 Å². The van der Waals surface area contributed by atoms with Gasteiger partial charge in [0.1, 0.15) is 12.1 Å². The van der Waals surface area contributed by atoms with Gasteiger partial charge in [-0.1, -0.05) is 29.8 Å². The minimum absolute atomic E-state index is 0.0405. The van der Waals surface area contributed by atoms with E-state index in [1.165, 1.54) is 5.70 Å². The van der Waals surface area contributed by atoms with Crippen LogP contribution in [0.4, 0.5) is 5.69 Å². The van der Waals surface area contributed by atoms with Crippen LogP contribution in [0.3, 0.4) is 0 Å². The van der Waals surface area contributed by atoms with E-state index in [4.69, 9.17) is 11.6 Å². The Morgan fingerprint density at radius 2 is 1.59 bits per heavy atom. The van der Waals surface area contributed by atoms with E-state index in [9.17, 15) is 34.0 Å². The van der Waals surface area contributed by atoms with E-state index in [0.717, 1.165) is 72.6 Å². The van der Waals surface area contributed by atoms with E-state index in [0.29, 0.717) is 62.3 Å². The Morgan fingerprint density at radius 1 is 0.898 bits per heavy atom. The molecule has 2 aliphatic carbocycles. The highest BCUT2D eigenvalue weighted by Gasteiger charge is 2.53. The van der Waals surface area contributed by atoms with Gasteiger partial charge in [0.05, 0.1) is 29.0 Å². The van der Waals surface area contributed by atoms with Gasteiger partial charge in [-0.3, -0.25) is 43.9 Å². The Hall–Kier alpha value is -5.26. The first-order valence-corrected chi connectivity index (χ1v) is 21.3. The molecule has 59 heavy (non-hydrogen) atoms. The van der Waals surface area contributed by atoms with Crippen LogP contribution in [0.1, 0.15) is 57.4 Å². The number of piperidine rings is 2. The topological polar surface area (TPSA) is 158 Å². The monoisotopic (exact) mass is 820 g/mol. The van der Waals surface area contributed by atoms with Crippen LogP contribution < -0.4 is 10.2 Å². The fourth-order valence-electron chi connectivity index (χ4n) is 10.7. The maximum absolute atomic E-state index is 13.6. The molecule has 1 spiro atoms. The number of nitrogens with one attached hydrogen (secondary N) is 1. The molecule has 3 unspecified atom stereocenters. The molecule has 15 heteroatoms. The molecule has 308 valence electrons. The second-order valence-electron chi connectivity index (χ2n) is 17.6. The molecular weight excluding hydrogens is 772 g/mol. The van der Waals surface area contributed by atoms with Gasteiger partial charge in [0.2, 0.25) is 35.4 Å². The van der Waals surface area contributed by atoms with Crippen LogP contribution in [0.25, 0.3) is 0 Å². The number of amides is 6. The third-order valence-electron chi connectivity index (χ3n) is 14.0. The van der Waals surface area contributed by atoms with Gasteiger partial charge in [-0.05, 0) is 86.3 Å². The molecule has 8 aliphatic rings. The van der Waals surface area contributed by atoms with E-state index < -0.39 is 41.5 Å². The highest BCUT2D eigenvalue weighted by Crippen LogP contribution is 2.46. The maximum atomic E-state index is 13.6. The van der Waals surface area contributed by atoms with Crippen LogP contribution in [0, 0.1) is 28.6 Å². The average molecular weight is 821 g/mol. The summed E-state index contributed by atoms with van der Waals surface area (Å²) in [5.41, 5.74) is 5.67. The first-order chi connectivity index (χ1) is 28.4. The molecule has 4 atom stereocenters. The lowest BCUT2D eigenvalue weighted by atomic mass is 9.76. The number of allylic oxidation sites excluding steroid dienone is 3. The van der Waals surface area contributed by atoms with Crippen LogP contribution in [0.2, 0.25) is 5.02 Å². The van der Waals surface area contributed by atoms with E-state index in [2.05, 4.69) is 39.1 Å². The lowest BCUT2D eigenvalue weighted by Gasteiger charge is -2.42. The van der Waals surface area contributed by atoms with Gasteiger partial charge in [-0.25, -0.2) is 0 Å². The molecule has 14 nitrogen and oxygen atoms in total. The predicted molar refractivity (Wildman–Crippen MR) is 217 cm³/mol. The zero-order chi connectivity index (χ0) is 41.2. The van der Waals surface area contributed by atoms with E-state index in [1.807, 2.05) is 29.2 Å². The number of benzene rings is 1. The normalized spacial score (nSPS) is 28.2. The summed E-state index contributed by atoms with van der Waals surface area (Å²) in [6, 6.07) is 7.31. The minimum Gasteiger partial charge on any atom is -0.375 e. The molecule has 1 N–H and O–H groups in total. The van der Waals surface area contributed by atoms with Crippen molar-refractivity contribution >= 4 is 52.7 Å². The fraction of sp³-hybridized carbons (Fsp3) is 0.523. The third kappa shape index (κ3) is 7.26. The van der Waals surface area contributed by atoms with E-state index in [-0.39, 0.29) is 36.6 Å². The molecule has 6 heterocycles. The number of nitriles is 1. The van der Waals surface area contributed by atoms with Crippen LogP contribution in [-0.2, 0) is 28.8 Å². The highest BCUT2D eigenvalue weighted by atomic mass is 35.5. The summed E-state index contributed by atoms with van der Waals surface area (Å²) >= 11 is 6.38. The number of anilines is 1. The van der Waals surface area contributed by atoms with Gasteiger partial charge < -0.3 is 19.6 Å². The number of hydrogen-bond acceptors (Lipinski definition) is 10. The Labute approximate surface area is 348 Å². The minimum atomic E-state index is -0.981.